The van der Waals surface area contributed by atoms with Crippen molar-refractivity contribution in [2.45, 2.75) is 0 Å². The minimum atomic E-state index is 0.502. The monoisotopic (exact) mass is 735 g/mol. The van der Waals surface area contributed by atoms with Crippen molar-refractivity contribution in [3.05, 3.63) is 176 Å². The predicted octanol–water partition coefficient (Wildman–Crippen LogP) is 11.9. The lowest BCUT2D eigenvalue weighted by molar-refractivity contribution is 1.06. The average Bonchev–Trinajstić information content (AvgIpc) is 3.82. The summed E-state index contributed by atoms with van der Waals surface area (Å²) in [4.78, 5) is 30.2. The fraction of sp³-hybridized carbons (Fsp3) is 0. The SMILES string of the molecule is c1ccc(-c2nc(-c3ccccc3)nc(-c3ccc(-c4nc(-c5ccc6c7ccccc7n(-c7ccccc7)c6c5)nc5c4sc4ccccc45)cn3)n2)cc1. The molecule has 262 valence electrons. The number of aromatic nitrogens is 7. The van der Waals surface area contributed by atoms with Crippen LogP contribution in [-0.4, -0.2) is 34.5 Å². The Morgan fingerprint density at radius 2 is 1.00 bits per heavy atom. The van der Waals surface area contributed by atoms with Gasteiger partial charge < -0.3 is 4.57 Å². The number of thiophene rings is 1. The Kier molecular flexibility index (Phi) is 7.53. The summed E-state index contributed by atoms with van der Waals surface area (Å²) in [6.45, 7) is 0. The van der Waals surface area contributed by atoms with Crippen molar-refractivity contribution in [2.75, 3.05) is 0 Å². The summed E-state index contributed by atoms with van der Waals surface area (Å²) in [5, 5.41) is 3.49. The number of pyridine rings is 1. The van der Waals surface area contributed by atoms with Gasteiger partial charge in [-0.2, -0.15) is 0 Å². The summed E-state index contributed by atoms with van der Waals surface area (Å²) in [7, 11) is 0. The molecule has 6 aromatic carbocycles. The van der Waals surface area contributed by atoms with E-state index in [0.29, 0.717) is 29.0 Å². The van der Waals surface area contributed by atoms with Crippen molar-refractivity contribution in [3.8, 4) is 62.6 Å². The van der Waals surface area contributed by atoms with Crippen molar-refractivity contribution in [1.82, 2.24) is 34.5 Å². The van der Waals surface area contributed by atoms with Crippen LogP contribution >= 0.6 is 11.3 Å². The van der Waals surface area contributed by atoms with E-state index in [1.54, 1.807) is 11.3 Å². The number of hydrogen-bond donors (Lipinski definition) is 0. The zero-order valence-electron chi connectivity index (χ0n) is 29.8. The van der Waals surface area contributed by atoms with Gasteiger partial charge in [-0.15, -0.1) is 11.3 Å². The van der Waals surface area contributed by atoms with Crippen LogP contribution in [0.25, 0.3) is 105 Å². The van der Waals surface area contributed by atoms with Gasteiger partial charge in [0.05, 0.1) is 26.9 Å². The lowest BCUT2D eigenvalue weighted by atomic mass is 10.1. The summed E-state index contributed by atoms with van der Waals surface area (Å²) in [5.41, 5.74) is 9.41. The van der Waals surface area contributed by atoms with E-state index in [1.807, 2.05) is 79.0 Å². The number of nitrogens with zero attached hydrogens (tertiary/aromatic N) is 7. The molecule has 0 amide bonds. The third kappa shape index (κ3) is 5.42. The van der Waals surface area contributed by atoms with Crippen molar-refractivity contribution in [1.29, 1.82) is 0 Å². The molecule has 11 rings (SSSR count). The first-order valence-electron chi connectivity index (χ1n) is 18.4. The molecule has 0 aliphatic rings. The van der Waals surface area contributed by atoms with Gasteiger partial charge in [-0.3, -0.25) is 4.98 Å². The van der Waals surface area contributed by atoms with E-state index in [4.69, 9.17) is 29.9 Å². The molecule has 0 atom stereocenters. The number of para-hydroxylation sites is 2. The normalized spacial score (nSPS) is 11.6. The van der Waals surface area contributed by atoms with Crippen molar-refractivity contribution >= 4 is 53.4 Å². The van der Waals surface area contributed by atoms with Crippen LogP contribution in [0.2, 0.25) is 0 Å². The molecule has 0 saturated carbocycles. The molecule has 7 nitrogen and oxygen atoms in total. The average molecular weight is 736 g/mol. The Labute approximate surface area is 325 Å². The molecule has 0 unspecified atom stereocenters. The van der Waals surface area contributed by atoms with Crippen molar-refractivity contribution in [3.63, 3.8) is 0 Å². The molecular weight excluding hydrogens is 707 g/mol. The molecule has 11 aromatic rings. The van der Waals surface area contributed by atoms with E-state index in [0.717, 1.165) is 65.0 Å². The van der Waals surface area contributed by atoms with Crippen molar-refractivity contribution in [2.24, 2.45) is 0 Å². The number of hydrogen-bond acceptors (Lipinski definition) is 7. The lowest BCUT2D eigenvalue weighted by Crippen LogP contribution is -2.01. The molecule has 0 bridgehead atoms. The van der Waals surface area contributed by atoms with Gasteiger partial charge in [0.1, 0.15) is 5.69 Å². The maximum Gasteiger partial charge on any atom is 0.182 e. The van der Waals surface area contributed by atoms with Gasteiger partial charge in [-0.1, -0.05) is 127 Å². The number of benzene rings is 6. The van der Waals surface area contributed by atoms with Gasteiger partial charge in [0.2, 0.25) is 0 Å². The quantitative estimate of drug-likeness (QED) is 0.169. The minimum Gasteiger partial charge on any atom is -0.309 e. The highest BCUT2D eigenvalue weighted by atomic mass is 32.1. The topological polar surface area (TPSA) is 82.3 Å². The van der Waals surface area contributed by atoms with E-state index in [1.165, 1.54) is 10.8 Å². The van der Waals surface area contributed by atoms with Crippen LogP contribution in [0.1, 0.15) is 0 Å². The first-order chi connectivity index (χ1) is 27.7. The van der Waals surface area contributed by atoms with E-state index in [9.17, 15) is 0 Å². The van der Waals surface area contributed by atoms with E-state index < -0.39 is 0 Å². The summed E-state index contributed by atoms with van der Waals surface area (Å²) in [5.74, 6) is 2.35. The van der Waals surface area contributed by atoms with E-state index >= 15 is 0 Å². The smallest absolute Gasteiger partial charge is 0.182 e. The predicted molar refractivity (Wildman–Crippen MR) is 228 cm³/mol. The van der Waals surface area contributed by atoms with Crippen LogP contribution in [0.4, 0.5) is 0 Å². The summed E-state index contributed by atoms with van der Waals surface area (Å²) < 4.78 is 4.50. The first-order valence-corrected chi connectivity index (χ1v) is 19.2. The molecule has 0 saturated heterocycles. The standard InChI is InChI=1S/C48H29N7S/c1-4-14-30(15-5-1)45-52-46(31-16-6-2-7-17-31)54-48(53-45)38-27-25-33(29-49-38)42-44-43(37-21-11-13-23-41(37)56-44)51-47(50-42)32-24-26-36-35-20-10-12-22-39(35)55(40(36)28-32)34-18-8-3-9-19-34/h1-29H. The third-order valence-corrected chi connectivity index (χ3v) is 11.3. The van der Waals surface area contributed by atoms with Gasteiger partial charge in [-0.05, 0) is 42.5 Å². The first kappa shape index (κ1) is 32.0. The zero-order chi connectivity index (χ0) is 37.0. The van der Waals surface area contributed by atoms with E-state index in [2.05, 4.69) is 102 Å². The molecule has 0 fully saturated rings. The Morgan fingerprint density at radius 1 is 0.411 bits per heavy atom. The van der Waals surface area contributed by atoms with Crippen LogP contribution in [0, 0.1) is 0 Å². The van der Waals surface area contributed by atoms with Crippen LogP contribution in [0.15, 0.2) is 176 Å². The molecule has 5 heterocycles. The highest BCUT2D eigenvalue weighted by Crippen LogP contribution is 2.40. The van der Waals surface area contributed by atoms with Crippen LogP contribution in [0.3, 0.4) is 0 Å². The molecule has 5 aromatic heterocycles. The van der Waals surface area contributed by atoms with Gasteiger partial charge in [0, 0.05) is 55.0 Å². The molecule has 0 aliphatic heterocycles. The van der Waals surface area contributed by atoms with Crippen LogP contribution in [-0.2, 0) is 0 Å². The third-order valence-electron chi connectivity index (χ3n) is 10.1. The summed E-state index contributed by atoms with van der Waals surface area (Å²) >= 11 is 1.70. The Morgan fingerprint density at radius 3 is 1.71 bits per heavy atom. The summed E-state index contributed by atoms with van der Waals surface area (Å²) in [6.07, 6.45) is 1.87. The molecular formula is C48H29N7S. The van der Waals surface area contributed by atoms with Gasteiger partial charge >= 0.3 is 0 Å². The Hall–Kier alpha value is -7.42. The highest BCUT2D eigenvalue weighted by Gasteiger charge is 2.20. The second-order valence-corrected chi connectivity index (χ2v) is 14.6. The number of rotatable bonds is 6. The minimum absolute atomic E-state index is 0.502. The fourth-order valence-electron chi connectivity index (χ4n) is 7.47. The Bertz CT molecular complexity index is 3170. The molecule has 0 aliphatic carbocycles. The number of fused-ring (bicyclic) bond motifs is 6. The van der Waals surface area contributed by atoms with Crippen LogP contribution < -0.4 is 0 Å². The second-order valence-electron chi connectivity index (χ2n) is 13.6. The van der Waals surface area contributed by atoms with E-state index in [-0.39, 0.29) is 0 Å². The molecule has 0 N–H and O–H groups in total. The molecule has 56 heavy (non-hydrogen) atoms. The lowest BCUT2D eigenvalue weighted by Gasteiger charge is -2.10. The highest BCUT2D eigenvalue weighted by molar-refractivity contribution is 7.26. The molecule has 0 spiro atoms. The van der Waals surface area contributed by atoms with Gasteiger partial charge in [0.25, 0.3) is 0 Å². The van der Waals surface area contributed by atoms with Gasteiger partial charge in [0.15, 0.2) is 23.3 Å². The maximum absolute atomic E-state index is 5.32. The Balaban J connectivity index is 1.07. The molecule has 0 radical (unpaired) electrons. The molecule has 8 heteroatoms. The fourth-order valence-corrected chi connectivity index (χ4v) is 8.62. The zero-order valence-corrected chi connectivity index (χ0v) is 30.6. The van der Waals surface area contributed by atoms with Crippen molar-refractivity contribution < 1.29 is 0 Å². The second kappa shape index (κ2) is 13.2. The van der Waals surface area contributed by atoms with Gasteiger partial charge in [-0.25, -0.2) is 24.9 Å². The maximum atomic E-state index is 5.32. The summed E-state index contributed by atoms with van der Waals surface area (Å²) in [6, 6.07) is 58.0. The van der Waals surface area contributed by atoms with Crippen LogP contribution in [0.5, 0.6) is 0 Å². The largest absolute Gasteiger partial charge is 0.309 e.